The molecule has 2 aromatic rings. The summed E-state index contributed by atoms with van der Waals surface area (Å²) in [5.41, 5.74) is 4.00. The van der Waals surface area contributed by atoms with Gasteiger partial charge in [-0.25, -0.2) is 0 Å². The van der Waals surface area contributed by atoms with Gasteiger partial charge in [0.1, 0.15) is 5.75 Å². The van der Waals surface area contributed by atoms with Gasteiger partial charge in [-0.2, -0.15) is 0 Å². The molecule has 18 heavy (non-hydrogen) atoms. The molecule has 0 bridgehead atoms. The van der Waals surface area contributed by atoms with E-state index in [0.29, 0.717) is 17.3 Å². The Morgan fingerprint density at radius 3 is 2.67 bits per heavy atom. The molecule has 2 N–H and O–H groups in total. The monoisotopic (exact) mass is 261 g/mol. The van der Waals surface area contributed by atoms with Crippen LogP contribution in [0.15, 0.2) is 36.4 Å². The predicted molar refractivity (Wildman–Crippen MR) is 76.4 cm³/mol. The summed E-state index contributed by atoms with van der Waals surface area (Å²) in [4.78, 5) is 0. The minimum Gasteiger partial charge on any atom is -0.508 e. The maximum Gasteiger partial charge on any atom is 0.120 e. The van der Waals surface area contributed by atoms with E-state index < -0.39 is 0 Å². The van der Waals surface area contributed by atoms with Gasteiger partial charge < -0.3 is 10.4 Å². The number of benzene rings is 2. The lowest BCUT2D eigenvalue weighted by atomic mass is 10.1. The molecular weight excluding hydrogens is 246 g/mol. The summed E-state index contributed by atoms with van der Waals surface area (Å²) in [5.74, 6) is 0.304. The number of aryl methyl sites for hydroxylation is 2. The fourth-order valence-electron chi connectivity index (χ4n) is 1.90. The van der Waals surface area contributed by atoms with Crippen LogP contribution in [-0.2, 0) is 6.54 Å². The Hall–Kier alpha value is -1.67. The van der Waals surface area contributed by atoms with Gasteiger partial charge in [-0.1, -0.05) is 41.4 Å². The Labute approximate surface area is 112 Å². The van der Waals surface area contributed by atoms with E-state index in [2.05, 4.69) is 5.32 Å². The Bertz CT molecular complexity index is 546. The van der Waals surface area contributed by atoms with Crippen molar-refractivity contribution in [2.45, 2.75) is 20.4 Å². The van der Waals surface area contributed by atoms with Crippen LogP contribution in [0, 0.1) is 13.8 Å². The van der Waals surface area contributed by atoms with Crippen molar-refractivity contribution in [3.8, 4) is 5.75 Å². The number of phenols is 1. The number of anilines is 1. The minimum atomic E-state index is 0.304. The lowest BCUT2D eigenvalue weighted by Gasteiger charge is -2.12. The highest BCUT2D eigenvalue weighted by Gasteiger charge is 2.05. The summed E-state index contributed by atoms with van der Waals surface area (Å²) < 4.78 is 0. The number of hydrogen-bond donors (Lipinski definition) is 2. The van der Waals surface area contributed by atoms with Crippen molar-refractivity contribution in [1.29, 1.82) is 0 Å². The van der Waals surface area contributed by atoms with Crippen molar-refractivity contribution in [2.24, 2.45) is 0 Å². The van der Waals surface area contributed by atoms with Crippen LogP contribution in [0.4, 0.5) is 5.69 Å². The second kappa shape index (κ2) is 5.32. The summed E-state index contributed by atoms with van der Waals surface area (Å²) in [6.45, 7) is 4.56. The van der Waals surface area contributed by atoms with Crippen molar-refractivity contribution < 1.29 is 5.11 Å². The van der Waals surface area contributed by atoms with Crippen LogP contribution < -0.4 is 5.32 Å². The molecule has 2 rings (SSSR count). The first-order valence-electron chi connectivity index (χ1n) is 5.85. The highest BCUT2D eigenvalue weighted by Crippen LogP contribution is 2.27. The molecule has 0 fully saturated rings. The zero-order valence-electron chi connectivity index (χ0n) is 10.5. The number of halogens is 1. The fourth-order valence-corrected chi connectivity index (χ4v) is 2.18. The first kappa shape index (κ1) is 12.8. The van der Waals surface area contributed by atoms with Gasteiger partial charge in [-0.05, 0) is 31.5 Å². The van der Waals surface area contributed by atoms with Gasteiger partial charge in [-0.15, -0.1) is 0 Å². The topological polar surface area (TPSA) is 32.3 Å². The van der Waals surface area contributed by atoms with E-state index in [1.54, 1.807) is 6.07 Å². The second-order valence-corrected chi connectivity index (χ2v) is 4.82. The third kappa shape index (κ3) is 2.77. The van der Waals surface area contributed by atoms with Crippen LogP contribution in [0.25, 0.3) is 0 Å². The maximum atomic E-state index is 9.78. The van der Waals surface area contributed by atoms with Gasteiger partial charge in [0.15, 0.2) is 0 Å². The average Bonchev–Trinajstić information content (AvgIpc) is 2.33. The molecule has 0 spiro atoms. The average molecular weight is 262 g/mol. The van der Waals surface area contributed by atoms with Crippen LogP contribution in [-0.4, -0.2) is 5.11 Å². The highest BCUT2D eigenvalue weighted by molar-refractivity contribution is 6.33. The van der Waals surface area contributed by atoms with E-state index in [-0.39, 0.29) is 0 Å². The van der Waals surface area contributed by atoms with E-state index in [4.69, 9.17) is 11.6 Å². The van der Waals surface area contributed by atoms with Crippen LogP contribution in [0.3, 0.4) is 0 Å². The molecule has 0 aliphatic rings. The molecule has 0 aromatic heterocycles. The normalized spacial score (nSPS) is 10.4. The number of aromatic hydroxyl groups is 1. The molecule has 0 saturated carbocycles. The molecule has 0 atom stereocenters. The third-order valence-electron chi connectivity index (χ3n) is 2.91. The zero-order valence-corrected chi connectivity index (χ0v) is 11.3. The first-order valence-corrected chi connectivity index (χ1v) is 6.23. The molecule has 0 saturated heterocycles. The quantitative estimate of drug-likeness (QED) is 0.865. The smallest absolute Gasteiger partial charge is 0.120 e. The summed E-state index contributed by atoms with van der Waals surface area (Å²) in [7, 11) is 0. The van der Waals surface area contributed by atoms with Crippen molar-refractivity contribution in [1.82, 2.24) is 0 Å². The summed E-state index contributed by atoms with van der Waals surface area (Å²) >= 11 is 6.14. The molecule has 0 aliphatic carbocycles. The van der Waals surface area contributed by atoms with E-state index in [1.165, 1.54) is 0 Å². The van der Waals surface area contributed by atoms with Gasteiger partial charge >= 0.3 is 0 Å². The highest BCUT2D eigenvalue weighted by atomic mass is 35.5. The largest absolute Gasteiger partial charge is 0.508 e. The Morgan fingerprint density at radius 1 is 1.17 bits per heavy atom. The van der Waals surface area contributed by atoms with Crippen LogP contribution in [0.5, 0.6) is 5.75 Å². The number of rotatable bonds is 3. The maximum absolute atomic E-state index is 9.78. The van der Waals surface area contributed by atoms with Gasteiger partial charge in [0.2, 0.25) is 0 Å². The van der Waals surface area contributed by atoms with Crippen LogP contribution in [0.2, 0.25) is 5.02 Å². The van der Waals surface area contributed by atoms with E-state index in [1.807, 2.05) is 44.2 Å². The molecule has 0 amide bonds. The molecule has 2 nitrogen and oxygen atoms in total. The standard InChI is InChI=1S/C15H16ClNO/c1-10-6-7-14(18)12(8-10)9-17-15-11(2)4-3-5-13(15)16/h3-8,17-18H,9H2,1-2H3. The van der Waals surface area contributed by atoms with E-state index in [9.17, 15) is 5.11 Å². The van der Waals surface area contributed by atoms with Crippen molar-refractivity contribution >= 4 is 17.3 Å². The summed E-state index contributed by atoms with van der Waals surface area (Å²) in [6.07, 6.45) is 0. The molecule has 0 aliphatic heterocycles. The zero-order chi connectivity index (χ0) is 13.1. The van der Waals surface area contributed by atoms with Crippen molar-refractivity contribution in [3.63, 3.8) is 0 Å². The molecular formula is C15H16ClNO. The van der Waals surface area contributed by atoms with Crippen molar-refractivity contribution in [3.05, 3.63) is 58.1 Å². The van der Waals surface area contributed by atoms with E-state index >= 15 is 0 Å². The van der Waals surface area contributed by atoms with Gasteiger partial charge in [-0.3, -0.25) is 0 Å². The number of para-hydroxylation sites is 1. The Morgan fingerprint density at radius 2 is 1.94 bits per heavy atom. The number of phenolic OH excluding ortho intramolecular Hbond substituents is 1. The van der Waals surface area contributed by atoms with Gasteiger partial charge in [0, 0.05) is 12.1 Å². The van der Waals surface area contributed by atoms with E-state index in [0.717, 1.165) is 22.4 Å². The first-order chi connectivity index (χ1) is 8.58. The van der Waals surface area contributed by atoms with Crippen LogP contribution >= 0.6 is 11.6 Å². The lowest BCUT2D eigenvalue weighted by molar-refractivity contribution is 0.469. The molecule has 2 aromatic carbocycles. The second-order valence-electron chi connectivity index (χ2n) is 4.42. The Kier molecular flexibility index (Phi) is 3.78. The summed E-state index contributed by atoms with van der Waals surface area (Å²) in [6, 6.07) is 11.4. The Balaban J connectivity index is 2.19. The molecule has 0 radical (unpaired) electrons. The molecule has 0 heterocycles. The van der Waals surface area contributed by atoms with Crippen molar-refractivity contribution in [2.75, 3.05) is 5.32 Å². The predicted octanol–water partition coefficient (Wildman–Crippen LogP) is 4.27. The molecule has 3 heteroatoms. The SMILES string of the molecule is Cc1ccc(O)c(CNc2c(C)cccc2Cl)c1. The minimum absolute atomic E-state index is 0.304. The fraction of sp³-hybridized carbons (Fsp3) is 0.200. The number of hydrogen-bond acceptors (Lipinski definition) is 2. The number of nitrogens with one attached hydrogen (secondary N) is 1. The molecule has 94 valence electrons. The van der Waals surface area contributed by atoms with Gasteiger partial charge in [0.05, 0.1) is 10.7 Å². The summed E-state index contributed by atoms with van der Waals surface area (Å²) in [5, 5.41) is 13.7. The lowest BCUT2D eigenvalue weighted by Crippen LogP contribution is -2.02. The third-order valence-corrected chi connectivity index (χ3v) is 3.23. The molecule has 0 unspecified atom stereocenters. The van der Waals surface area contributed by atoms with Gasteiger partial charge in [0.25, 0.3) is 0 Å². The van der Waals surface area contributed by atoms with Crippen LogP contribution in [0.1, 0.15) is 16.7 Å².